The molecule has 0 radical (unpaired) electrons. The first-order valence-electron chi connectivity index (χ1n) is 11.9. The summed E-state index contributed by atoms with van der Waals surface area (Å²) in [5, 5.41) is 16.6. The van der Waals surface area contributed by atoms with Crippen molar-refractivity contribution in [3.63, 3.8) is 0 Å². The molecule has 37 heavy (non-hydrogen) atoms. The number of aryl methyl sites for hydroxylation is 2. The fraction of sp³-hybridized carbons (Fsp3) is 0.259. The van der Waals surface area contributed by atoms with Crippen molar-refractivity contribution in [1.29, 1.82) is 0 Å². The van der Waals surface area contributed by atoms with E-state index in [1.165, 1.54) is 0 Å². The number of benzene rings is 1. The van der Waals surface area contributed by atoms with Gasteiger partial charge in [-0.3, -0.25) is 14.7 Å². The Morgan fingerprint density at radius 2 is 1.76 bits per heavy atom. The maximum Gasteiger partial charge on any atom is 0.213 e. The zero-order valence-corrected chi connectivity index (χ0v) is 21.8. The Kier molecular flexibility index (Phi) is 6.61. The van der Waals surface area contributed by atoms with E-state index in [0.717, 1.165) is 16.8 Å². The number of anilines is 1. The average molecular weight is 517 g/mol. The van der Waals surface area contributed by atoms with Gasteiger partial charge in [0.2, 0.25) is 5.95 Å². The lowest BCUT2D eigenvalue weighted by atomic mass is 9.83. The van der Waals surface area contributed by atoms with Gasteiger partial charge in [-0.2, -0.15) is 0 Å². The summed E-state index contributed by atoms with van der Waals surface area (Å²) in [6, 6.07) is 14.5. The van der Waals surface area contributed by atoms with Crippen molar-refractivity contribution in [2.24, 2.45) is 5.92 Å². The molecule has 0 aliphatic rings. The summed E-state index contributed by atoms with van der Waals surface area (Å²) >= 11 is 0. The van der Waals surface area contributed by atoms with Crippen LogP contribution in [-0.2, 0) is 16.6 Å². The van der Waals surface area contributed by atoms with Gasteiger partial charge in [0, 0.05) is 29.3 Å². The topological polar surface area (TPSA) is 130 Å². The van der Waals surface area contributed by atoms with Gasteiger partial charge in [-0.15, -0.1) is 0 Å². The molecule has 1 aromatic carbocycles. The number of rotatable bonds is 8. The van der Waals surface area contributed by atoms with Crippen LogP contribution in [0.5, 0.6) is 0 Å². The number of aromatic amines is 1. The molecule has 0 amide bonds. The first-order chi connectivity index (χ1) is 17.8. The van der Waals surface area contributed by atoms with Gasteiger partial charge in [-0.05, 0) is 61.7 Å². The summed E-state index contributed by atoms with van der Waals surface area (Å²) in [6.45, 7) is 7.73. The van der Waals surface area contributed by atoms with E-state index in [4.69, 9.17) is 9.51 Å². The molecule has 0 spiro atoms. The third-order valence-electron chi connectivity index (χ3n) is 6.06. The summed E-state index contributed by atoms with van der Waals surface area (Å²) in [5.74, 6) is 1.71. The van der Waals surface area contributed by atoms with E-state index in [9.17, 15) is 9.32 Å². The Labute approximate surface area is 217 Å². The van der Waals surface area contributed by atoms with Gasteiger partial charge >= 0.3 is 0 Å². The molecule has 190 valence electrons. The van der Waals surface area contributed by atoms with Crippen molar-refractivity contribution < 1.29 is 13.8 Å². The second-order valence-electron chi connectivity index (χ2n) is 9.35. The fourth-order valence-corrected chi connectivity index (χ4v) is 5.50. The number of hydrogen-bond donors (Lipinski definition) is 3. The first-order valence-corrected chi connectivity index (χ1v) is 13.3. The van der Waals surface area contributed by atoms with Gasteiger partial charge in [0.1, 0.15) is 16.7 Å². The highest BCUT2D eigenvalue weighted by atomic mass is 32.2. The highest BCUT2D eigenvalue weighted by Gasteiger charge is 2.39. The van der Waals surface area contributed by atoms with Gasteiger partial charge in [0.05, 0.1) is 28.1 Å². The molecule has 5 rings (SSSR count). The molecule has 0 aliphatic carbocycles. The maximum atomic E-state index is 12.6. The number of aliphatic hydroxyl groups is 1. The predicted octanol–water partition coefficient (Wildman–Crippen LogP) is 4.64. The Morgan fingerprint density at radius 1 is 1.08 bits per heavy atom. The molecule has 5 aromatic rings. The van der Waals surface area contributed by atoms with Gasteiger partial charge in [-0.25, -0.2) is 9.19 Å². The zero-order chi connectivity index (χ0) is 26.2. The van der Waals surface area contributed by atoms with E-state index < -0.39 is 16.6 Å². The molecule has 4 aromatic heterocycles. The van der Waals surface area contributed by atoms with Crippen molar-refractivity contribution >= 4 is 28.0 Å². The molecule has 10 heteroatoms. The number of hydrogen-bond acceptors (Lipinski definition) is 7. The number of H-pyrrole nitrogens is 1. The highest BCUT2D eigenvalue weighted by Crippen LogP contribution is 2.41. The molecule has 1 unspecified atom stereocenters. The minimum atomic E-state index is -1.74. The SMILES string of the molecule is Cc1noc(C)c1-c1cc(C(O)(c2ccccn2)c2ccccn2)c2nc(NS(=O)CC(C)C)[nH]c2c1. The smallest absolute Gasteiger partial charge is 0.213 e. The predicted molar refractivity (Wildman–Crippen MR) is 143 cm³/mol. The van der Waals surface area contributed by atoms with Crippen LogP contribution in [0.3, 0.4) is 0 Å². The van der Waals surface area contributed by atoms with E-state index in [0.29, 0.717) is 45.4 Å². The molecule has 0 fully saturated rings. The van der Waals surface area contributed by atoms with Crippen LogP contribution >= 0.6 is 0 Å². The first kappa shape index (κ1) is 24.8. The Morgan fingerprint density at radius 3 is 2.30 bits per heavy atom. The lowest BCUT2D eigenvalue weighted by Gasteiger charge is -2.28. The van der Waals surface area contributed by atoms with Crippen LogP contribution in [0.25, 0.3) is 22.2 Å². The normalized spacial score (nSPS) is 12.8. The van der Waals surface area contributed by atoms with E-state index in [1.807, 2.05) is 52.0 Å². The van der Waals surface area contributed by atoms with Gasteiger partial charge in [0.25, 0.3) is 0 Å². The van der Waals surface area contributed by atoms with Crippen molar-refractivity contribution in [3.05, 3.63) is 89.3 Å². The number of pyridine rings is 2. The monoisotopic (exact) mass is 516 g/mol. The molecule has 0 saturated carbocycles. The average Bonchev–Trinajstić information content (AvgIpc) is 3.44. The van der Waals surface area contributed by atoms with E-state index in [-0.39, 0.29) is 5.92 Å². The second kappa shape index (κ2) is 9.87. The molecular weight excluding hydrogens is 488 g/mol. The van der Waals surface area contributed by atoms with Crippen LogP contribution in [0.2, 0.25) is 0 Å². The molecule has 9 nitrogen and oxygen atoms in total. The van der Waals surface area contributed by atoms with Gasteiger partial charge in [-0.1, -0.05) is 31.1 Å². The van der Waals surface area contributed by atoms with Gasteiger partial charge in [0.15, 0.2) is 5.60 Å². The highest BCUT2D eigenvalue weighted by molar-refractivity contribution is 7.86. The summed E-state index contributed by atoms with van der Waals surface area (Å²) < 4.78 is 21.0. The van der Waals surface area contributed by atoms with Crippen LogP contribution in [0.4, 0.5) is 5.95 Å². The Hall–Kier alpha value is -3.89. The van der Waals surface area contributed by atoms with E-state index in [1.54, 1.807) is 36.7 Å². The second-order valence-corrected chi connectivity index (χ2v) is 10.6. The number of nitrogens with zero attached hydrogens (tertiary/aromatic N) is 4. The van der Waals surface area contributed by atoms with Gasteiger partial charge < -0.3 is 14.6 Å². The summed E-state index contributed by atoms with van der Waals surface area (Å²) in [4.78, 5) is 17.0. The van der Waals surface area contributed by atoms with Crippen LogP contribution < -0.4 is 4.72 Å². The minimum absolute atomic E-state index is 0.248. The number of nitrogens with one attached hydrogen (secondary N) is 2. The molecule has 3 N–H and O–H groups in total. The summed E-state index contributed by atoms with van der Waals surface area (Å²) in [5.41, 5.74) is 2.98. The molecule has 0 aliphatic heterocycles. The summed E-state index contributed by atoms with van der Waals surface area (Å²) in [7, 11) is -1.33. The van der Waals surface area contributed by atoms with E-state index in [2.05, 4.69) is 24.8 Å². The molecule has 0 bridgehead atoms. The van der Waals surface area contributed by atoms with Crippen LogP contribution in [0.15, 0.2) is 65.4 Å². The largest absolute Gasteiger partial charge is 0.373 e. The molecular formula is C27H28N6O3S. The van der Waals surface area contributed by atoms with Crippen molar-refractivity contribution in [2.45, 2.75) is 33.3 Å². The minimum Gasteiger partial charge on any atom is -0.373 e. The third kappa shape index (κ3) is 4.65. The molecule has 1 atom stereocenters. The Balaban J connectivity index is 1.79. The third-order valence-corrected chi connectivity index (χ3v) is 7.46. The van der Waals surface area contributed by atoms with E-state index >= 15 is 0 Å². The quantitative estimate of drug-likeness (QED) is 0.274. The molecule has 0 saturated heterocycles. The zero-order valence-electron chi connectivity index (χ0n) is 21.0. The lowest BCUT2D eigenvalue weighted by Crippen LogP contribution is -2.31. The number of aromatic nitrogens is 5. The van der Waals surface area contributed by atoms with Crippen LogP contribution in [-0.4, -0.2) is 40.2 Å². The summed E-state index contributed by atoms with van der Waals surface area (Å²) in [6.07, 6.45) is 3.26. The number of fused-ring (bicyclic) bond motifs is 1. The van der Waals surface area contributed by atoms with Crippen LogP contribution in [0.1, 0.15) is 42.3 Å². The Bertz CT molecular complexity index is 1500. The van der Waals surface area contributed by atoms with Crippen molar-refractivity contribution in [2.75, 3.05) is 10.5 Å². The lowest BCUT2D eigenvalue weighted by molar-refractivity contribution is 0.117. The molecule has 4 heterocycles. The standard InChI is InChI=1S/C27H28N6O3S/c1-16(2)15-37(35)33-26-30-21-14-19(24-17(3)32-36-18(24)4)13-20(25(21)31-26)27(34,22-9-5-7-11-28-22)23-10-6-8-12-29-23/h5-14,16,34H,15H2,1-4H3,(H2,30,31,33). The maximum absolute atomic E-state index is 12.6. The van der Waals surface area contributed by atoms with Crippen molar-refractivity contribution in [1.82, 2.24) is 25.1 Å². The number of imidazole rings is 1. The fourth-order valence-electron chi connectivity index (χ4n) is 4.49. The van der Waals surface area contributed by atoms with Crippen molar-refractivity contribution in [3.8, 4) is 11.1 Å². The van der Waals surface area contributed by atoms with Crippen LogP contribution in [0, 0.1) is 19.8 Å².